The van der Waals surface area contributed by atoms with Gasteiger partial charge >= 0.3 is 6.03 Å². The van der Waals surface area contributed by atoms with E-state index in [4.69, 9.17) is 16.0 Å². The zero-order valence-corrected chi connectivity index (χ0v) is 19.3. The van der Waals surface area contributed by atoms with Gasteiger partial charge in [-0.25, -0.2) is 4.79 Å². The van der Waals surface area contributed by atoms with E-state index in [0.29, 0.717) is 30.3 Å². The molecule has 1 fully saturated rings. The molecule has 3 rings (SSSR count). The summed E-state index contributed by atoms with van der Waals surface area (Å²) in [5.74, 6) is -0.109. The molecule has 3 unspecified atom stereocenters. The lowest BCUT2D eigenvalue weighted by Gasteiger charge is -2.41. The van der Waals surface area contributed by atoms with Gasteiger partial charge < -0.3 is 24.9 Å². The van der Waals surface area contributed by atoms with Crippen molar-refractivity contribution in [2.75, 3.05) is 25.0 Å². The molecule has 0 aliphatic carbocycles. The highest BCUT2D eigenvalue weighted by atomic mass is 35.5. The molecule has 172 valence electrons. The van der Waals surface area contributed by atoms with E-state index in [-0.39, 0.29) is 29.5 Å². The van der Waals surface area contributed by atoms with E-state index in [1.807, 2.05) is 20.8 Å². The highest BCUT2D eigenvalue weighted by Crippen LogP contribution is 2.18. The number of benzene rings is 1. The summed E-state index contributed by atoms with van der Waals surface area (Å²) in [6.07, 6.45) is 2.19. The maximum Gasteiger partial charge on any atom is 0.319 e. The maximum absolute atomic E-state index is 13.3. The predicted octanol–water partition coefficient (Wildman–Crippen LogP) is 3.84. The van der Waals surface area contributed by atoms with Gasteiger partial charge in [0.15, 0.2) is 5.76 Å². The van der Waals surface area contributed by atoms with E-state index in [0.717, 1.165) is 6.42 Å². The number of nitrogens with zero attached hydrogens (tertiary/aromatic N) is 2. The smallest absolute Gasteiger partial charge is 0.319 e. The SMILES string of the molecule is CCC(C)C(NC(=O)Nc1ccc(Cl)cc1)C(=O)N1CCN(C(=O)c2ccco2)C(C)C1. The lowest BCUT2D eigenvalue weighted by atomic mass is 9.97. The predicted molar refractivity (Wildman–Crippen MR) is 123 cm³/mol. The third-order valence-corrected chi connectivity index (χ3v) is 6.05. The third-order valence-electron chi connectivity index (χ3n) is 5.80. The van der Waals surface area contributed by atoms with Crippen LogP contribution in [0.15, 0.2) is 47.1 Å². The number of nitrogens with one attached hydrogen (secondary N) is 2. The number of furan rings is 1. The van der Waals surface area contributed by atoms with E-state index < -0.39 is 12.1 Å². The molecule has 2 aromatic rings. The summed E-state index contributed by atoms with van der Waals surface area (Å²) in [5, 5.41) is 6.14. The molecular weight excluding hydrogens is 432 g/mol. The number of urea groups is 1. The molecule has 4 amide bonds. The van der Waals surface area contributed by atoms with Crippen molar-refractivity contribution in [2.45, 2.75) is 39.3 Å². The van der Waals surface area contributed by atoms with Crippen molar-refractivity contribution in [2.24, 2.45) is 5.92 Å². The number of halogens is 1. The van der Waals surface area contributed by atoms with Gasteiger partial charge in [0, 0.05) is 36.4 Å². The molecular formula is C23H29ClN4O4. The van der Waals surface area contributed by atoms with Crippen LogP contribution in [0.4, 0.5) is 10.5 Å². The number of amides is 4. The van der Waals surface area contributed by atoms with Gasteiger partial charge in [0.1, 0.15) is 6.04 Å². The van der Waals surface area contributed by atoms with Crippen molar-refractivity contribution in [3.63, 3.8) is 0 Å². The normalized spacial score (nSPS) is 18.1. The van der Waals surface area contributed by atoms with Crippen LogP contribution < -0.4 is 10.6 Å². The molecule has 1 aliphatic heterocycles. The Kier molecular flexibility index (Phi) is 7.80. The fraction of sp³-hybridized carbons (Fsp3) is 0.435. The zero-order chi connectivity index (χ0) is 23.3. The summed E-state index contributed by atoms with van der Waals surface area (Å²) >= 11 is 5.88. The van der Waals surface area contributed by atoms with Crippen LogP contribution in [0.1, 0.15) is 37.7 Å². The molecule has 1 saturated heterocycles. The van der Waals surface area contributed by atoms with Crippen LogP contribution in [0.3, 0.4) is 0 Å². The van der Waals surface area contributed by atoms with Gasteiger partial charge in [-0.15, -0.1) is 0 Å². The fourth-order valence-electron chi connectivity index (χ4n) is 3.72. The van der Waals surface area contributed by atoms with Crippen LogP contribution in [0.5, 0.6) is 0 Å². The lowest BCUT2D eigenvalue weighted by molar-refractivity contribution is -0.136. The Labute approximate surface area is 192 Å². The molecule has 2 heterocycles. The lowest BCUT2D eigenvalue weighted by Crippen LogP contribution is -2.60. The number of carbonyl (C=O) groups excluding carboxylic acids is 3. The minimum Gasteiger partial charge on any atom is -0.459 e. The second kappa shape index (κ2) is 10.5. The summed E-state index contributed by atoms with van der Waals surface area (Å²) < 4.78 is 5.22. The van der Waals surface area contributed by atoms with Crippen LogP contribution in [-0.4, -0.2) is 59.4 Å². The standard InChI is InChI=1S/C23H29ClN4O4/c1-4-15(2)20(26-23(31)25-18-9-7-17(24)8-10-18)22(30)27-11-12-28(16(3)14-27)21(29)19-6-5-13-32-19/h5-10,13,15-16,20H,4,11-12,14H2,1-3H3,(H2,25,26,31). The van der Waals surface area contributed by atoms with E-state index in [1.54, 1.807) is 46.2 Å². The number of anilines is 1. The summed E-state index contributed by atoms with van der Waals surface area (Å²) in [5.41, 5.74) is 0.584. The van der Waals surface area contributed by atoms with Crippen LogP contribution >= 0.6 is 11.6 Å². The first kappa shape index (κ1) is 23.7. The minimum absolute atomic E-state index is 0.0587. The zero-order valence-electron chi connectivity index (χ0n) is 18.5. The fourth-order valence-corrected chi connectivity index (χ4v) is 3.85. The molecule has 0 spiro atoms. The topological polar surface area (TPSA) is 94.9 Å². The summed E-state index contributed by atoms with van der Waals surface area (Å²) in [4.78, 5) is 41.9. The molecule has 0 bridgehead atoms. The number of hydrogen-bond donors (Lipinski definition) is 2. The first-order valence-electron chi connectivity index (χ1n) is 10.8. The highest BCUT2D eigenvalue weighted by molar-refractivity contribution is 6.30. The van der Waals surface area contributed by atoms with Gasteiger partial charge in [0.25, 0.3) is 5.91 Å². The van der Waals surface area contributed by atoms with Crippen molar-refractivity contribution < 1.29 is 18.8 Å². The maximum atomic E-state index is 13.3. The summed E-state index contributed by atoms with van der Waals surface area (Å²) in [6.45, 7) is 7.00. The monoisotopic (exact) mass is 460 g/mol. The molecule has 9 heteroatoms. The second-order valence-electron chi connectivity index (χ2n) is 8.08. The molecule has 1 aromatic carbocycles. The molecule has 1 aliphatic rings. The number of piperazine rings is 1. The quantitative estimate of drug-likeness (QED) is 0.684. The highest BCUT2D eigenvalue weighted by Gasteiger charge is 2.36. The number of carbonyl (C=O) groups is 3. The van der Waals surface area contributed by atoms with Gasteiger partial charge in [-0.2, -0.15) is 0 Å². The van der Waals surface area contributed by atoms with E-state index in [1.165, 1.54) is 6.26 Å². The Hall–Kier alpha value is -3.00. The minimum atomic E-state index is -0.674. The first-order chi connectivity index (χ1) is 15.3. The third kappa shape index (κ3) is 5.62. The molecule has 32 heavy (non-hydrogen) atoms. The molecule has 0 saturated carbocycles. The summed E-state index contributed by atoms with van der Waals surface area (Å²) in [6, 6.07) is 8.75. The van der Waals surface area contributed by atoms with Gasteiger partial charge in [-0.3, -0.25) is 9.59 Å². The van der Waals surface area contributed by atoms with Crippen molar-refractivity contribution >= 4 is 35.1 Å². The number of hydrogen-bond acceptors (Lipinski definition) is 4. The largest absolute Gasteiger partial charge is 0.459 e. The van der Waals surface area contributed by atoms with Gasteiger partial charge in [0.2, 0.25) is 5.91 Å². The first-order valence-corrected chi connectivity index (χ1v) is 11.1. The van der Waals surface area contributed by atoms with Crippen LogP contribution in [-0.2, 0) is 4.79 Å². The Bertz CT molecular complexity index is 932. The second-order valence-corrected chi connectivity index (χ2v) is 8.51. The Morgan fingerprint density at radius 2 is 1.91 bits per heavy atom. The van der Waals surface area contributed by atoms with E-state index in [9.17, 15) is 14.4 Å². The Morgan fingerprint density at radius 3 is 2.50 bits per heavy atom. The molecule has 1 aromatic heterocycles. The van der Waals surface area contributed by atoms with Gasteiger partial charge in [-0.05, 0) is 49.2 Å². The summed E-state index contributed by atoms with van der Waals surface area (Å²) in [7, 11) is 0. The van der Waals surface area contributed by atoms with Gasteiger partial charge in [-0.1, -0.05) is 31.9 Å². The Morgan fingerprint density at radius 1 is 1.19 bits per heavy atom. The molecule has 0 radical (unpaired) electrons. The van der Waals surface area contributed by atoms with Crippen LogP contribution in [0.25, 0.3) is 0 Å². The average molecular weight is 461 g/mol. The van der Waals surface area contributed by atoms with Crippen LogP contribution in [0.2, 0.25) is 5.02 Å². The average Bonchev–Trinajstić information content (AvgIpc) is 3.32. The number of rotatable bonds is 6. The van der Waals surface area contributed by atoms with Crippen LogP contribution in [0, 0.1) is 5.92 Å². The van der Waals surface area contributed by atoms with Crippen molar-refractivity contribution in [3.05, 3.63) is 53.4 Å². The van der Waals surface area contributed by atoms with Crippen molar-refractivity contribution in [1.82, 2.24) is 15.1 Å². The Balaban J connectivity index is 1.63. The molecule has 3 atom stereocenters. The van der Waals surface area contributed by atoms with Crippen molar-refractivity contribution in [1.29, 1.82) is 0 Å². The van der Waals surface area contributed by atoms with E-state index in [2.05, 4.69) is 10.6 Å². The molecule has 8 nitrogen and oxygen atoms in total. The van der Waals surface area contributed by atoms with Crippen molar-refractivity contribution in [3.8, 4) is 0 Å². The molecule has 2 N–H and O–H groups in total. The van der Waals surface area contributed by atoms with E-state index >= 15 is 0 Å². The van der Waals surface area contributed by atoms with Gasteiger partial charge in [0.05, 0.1) is 6.26 Å².